The molecule has 0 spiro atoms. The molecule has 2 rings (SSSR count). The van der Waals surface area contributed by atoms with Crippen LogP contribution >= 0.6 is 0 Å². The number of carbonyl (C=O) groups is 1. The Morgan fingerprint density at radius 1 is 1.35 bits per heavy atom. The minimum atomic E-state index is -0.458. The van der Waals surface area contributed by atoms with Crippen LogP contribution < -0.4 is 5.32 Å². The summed E-state index contributed by atoms with van der Waals surface area (Å²) >= 11 is 0. The van der Waals surface area contributed by atoms with Crippen LogP contribution in [0.4, 0.5) is 0 Å². The average molecular weight is 240 g/mol. The molecule has 0 aromatic rings. The van der Waals surface area contributed by atoms with Crippen molar-refractivity contribution >= 4 is 5.97 Å². The van der Waals surface area contributed by atoms with Gasteiger partial charge in [-0.05, 0) is 52.6 Å². The van der Waals surface area contributed by atoms with E-state index >= 15 is 0 Å². The highest BCUT2D eigenvalue weighted by Gasteiger charge is 2.54. The second kappa shape index (κ2) is 4.94. The molecule has 4 nitrogen and oxygen atoms in total. The van der Waals surface area contributed by atoms with Gasteiger partial charge in [-0.1, -0.05) is 0 Å². The van der Waals surface area contributed by atoms with E-state index in [1.54, 1.807) is 0 Å². The first-order valence-electron chi connectivity index (χ1n) is 6.68. The van der Waals surface area contributed by atoms with E-state index in [2.05, 4.69) is 10.2 Å². The summed E-state index contributed by atoms with van der Waals surface area (Å²) in [7, 11) is 4.04. The van der Waals surface area contributed by atoms with E-state index in [-0.39, 0.29) is 5.97 Å². The zero-order chi connectivity index (χ0) is 12.5. The van der Waals surface area contributed by atoms with Gasteiger partial charge in [0, 0.05) is 12.6 Å². The van der Waals surface area contributed by atoms with Gasteiger partial charge in [0.15, 0.2) is 0 Å². The lowest BCUT2D eigenvalue weighted by Crippen LogP contribution is -2.61. The molecule has 2 aliphatic carbocycles. The Hall–Kier alpha value is -0.610. The van der Waals surface area contributed by atoms with Crippen LogP contribution in [0.25, 0.3) is 0 Å². The highest BCUT2D eigenvalue weighted by Crippen LogP contribution is 2.42. The molecular formula is C13H24N2O2. The first-order chi connectivity index (χ1) is 8.08. The maximum absolute atomic E-state index is 12.3. The molecule has 2 fully saturated rings. The number of rotatable bonds is 7. The van der Waals surface area contributed by atoms with Gasteiger partial charge < -0.3 is 9.64 Å². The molecule has 0 saturated heterocycles. The van der Waals surface area contributed by atoms with Crippen LogP contribution in [0.3, 0.4) is 0 Å². The fourth-order valence-electron chi connectivity index (χ4n) is 2.51. The summed E-state index contributed by atoms with van der Waals surface area (Å²) in [5, 5.41) is 3.57. The number of hydrogen-bond acceptors (Lipinski definition) is 4. The summed E-state index contributed by atoms with van der Waals surface area (Å²) < 4.78 is 5.31. The quantitative estimate of drug-likeness (QED) is 0.674. The fourth-order valence-corrected chi connectivity index (χ4v) is 2.51. The molecule has 1 atom stereocenters. The SMILES string of the molecule is CCOC(=O)C(CN(C)C)(NC1CC1)C1CC1. The standard InChI is InChI=1S/C13H24N2O2/c1-4-17-12(16)13(9-15(2)3,10-5-6-10)14-11-7-8-11/h10-11,14H,4-9H2,1-3H3. The van der Waals surface area contributed by atoms with Gasteiger partial charge in [0.1, 0.15) is 5.54 Å². The topological polar surface area (TPSA) is 41.6 Å². The molecule has 0 aliphatic heterocycles. The number of nitrogens with one attached hydrogen (secondary N) is 1. The fraction of sp³-hybridized carbons (Fsp3) is 0.923. The lowest BCUT2D eigenvalue weighted by Gasteiger charge is -2.35. The van der Waals surface area contributed by atoms with E-state index in [9.17, 15) is 4.79 Å². The molecule has 0 bridgehead atoms. The third-order valence-corrected chi connectivity index (χ3v) is 3.52. The van der Waals surface area contributed by atoms with E-state index in [0.717, 1.165) is 19.4 Å². The van der Waals surface area contributed by atoms with Crippen LogP contribution in [0.5, 0.6) is 0 Å². The first-order valence-corrected chi connectivity index (χ1v) is 6.68. The third-order valence-electron chi connectivity index (χ3n) is 3.52. The summed E-state index contributed by atoms with van der Waals surface area (Å²) in [4.78, 5) is 14.4. The van der Waals surface area contributed by atoms with Crippen molar-refractivity contribution in [3.8, 4) is 0 Å². The largest absolute Gasteiger partial charge is 0.465 e. The minimum absolute atomic E-state index is 0.0527. The van der Waals surface area contributed by atoms with Crippen molar-refractivity contribution < 1.29 is 9.53 Å². The van der Waals surface area contributed by atoms with Gasteiger partial charge in [0.2, 0.25) is 0 Å². The molecule has 1 N–H and O–H groups in total. The van der Waals surface area contributed by atoms with Crippen molar-refractivity contribution in [2.45, 2.75) is 44.2 Å². The number of hydrogen-bond donors (Lipinski definition) is 1. The molecule has 98 valence electrons. The number of nitrogens with zero attached hydrogens (tertiary/aromatic N) is 1. The molecule has 0 amide bonds. The summed E-state index contributed by atoms with van der Waals surface area (Å²) in [5.41, 5.74) is -0.458. The Labute approximate surface area is 104 Å². The molecule has 17 heavy (non-hydrogen) atoms. The van der Waals surface area contributed by atoms with E-state index in [0.29, 0.717) is 18.6 Å². The molecule has 2 saturated carbocycles. The van der Waals surface area contributed by atoms with Crippen molar-refractivity contribution in [2.24, 2.45) is 5.92 Å². The molecule has 0 radical (unpaired) electrons. The summed E-state index contributed by atoms with van der Waals surface area (Å²) in [5.74, 6) is 0.410. The third kappa shape index (κ3) is 2.99. The monoisotopic (exact) mass is 240 g/mol. The van der Waals surface area contributed by atoms with Gasteiger partial charge in [0.05, 0.1) is 6.61 Å². The second-order valence-corrected chi connectivity index (χ2v) is 5.62. The van der Waals surface area contributed by atoms with Crippen molar-refractivity contribution in [3.05, 3.63) is 0 Å². The van der Waals surface area contributed by atoms with Crippen molar-refractivity contribution in [2.75, 3.05) is 27.2 Å². The van der Waals surface area contributed by atoms with Crippen LogP contribution in [-0.2, 0) is 9.53 Å². The lowest BCUT2D eigenvalue weighted by atomic mass is 9.92. The van der Waals surface area contributed by atoms with E-state index < -0.39 is 5.54 Å². The lowest BCUT2D eigenvalue weighted by molar-refractivity contribution is -0.153. The van der Waals surface area contributed by atoms with Crippen molar-refractivity contribution in [1.82, 2.24) is 10.2 Å². The average Bonchev–Trinajstić information content (AvgIpc) is 3.10. The number of esters is 1. The molecule has 2 aliphatic rings. The Bertz CT molecular complexity index is 279. The first kappa shape index (κ1) is 12.8. The summed E-state index contributed by atoms with van der Waals surface area (Å²) in [6.45, 7) is 3.09. The second-order valence-electron chi connectivity index (χ2n) is 5.62. The molecule has 1 unspecified atom stereocenters. The highest BCUT2D eigenvalue weighted by molar-refractivity contribution is 5.82. The predicted molar refractivity (Wildman–Crippen MR) is 66.8 cm³/mol. The Morgan fingerprint density at radius 3 is 2.41 bits per heavy atom. The van der Waals surface area contributed by atoms with Gasteiger partial charge >= 0.3 is 5.97 Å². The Balaban J connectivity index is 2.12. The van der Waals surface area contributed by atoms with Gasteiger partial charge in [-0.25, -0.2) is 4.79 Å². The number of carbonyl (C=O) groups excluding carboxylic acids is 1. The van der Waals surface area contributed by atoms with E-state index in [1.165, 1.54) is 12.8 Å². The summed E-state index contributed by atoms with van der Waals surface area (Å²) in [6, 6.07) is 0.528. The predicted octanol–water partition coefficient (Wildman–Crippen LogP) is 1.01. The van der Waals surface area contributed by atoms with Crippen LogP contribution in [0.1, 0.15) is 32.6 Å². The zero-order valence-electron chi connectivity index (χ0n) is 11.2. The molecule has 0 heterocycles. The van der Waals surface area contributed by atoms with E-state index in [1.807, 2.05) is 21.0 Å². The van der Waals surface area contributed by atoms with E-state index in [4.69, 9.17) is 4.74 Å². The molecule has 0 aromatic heterocycles. The van der Waals surface area contributed by atoms with Crippen LogP contribution in [0.15, 0.2) is 0 Å². The van der Waals surface area contributed by atoms with Gasteiger partial charge in [0.25, 0.3) is 0 Å². The minimum Gasteiger partial charge on any atom is -0.465 e. The maximum Gasteiger partial charge on any atom is 0.327 e. The molecule has 0 aromatic carbocycles. The van der Waals surface area contributed by atoms with Crippen LogP contribution in [0.2, 0.25) is 0 Å². The Morgan fingerprint density at radius 2 is 2.00 bits per heavy atom. The number of likely N-dealkylation sites (N-methyl/N-ethyl adjacent to an activating group) is 1. The van der Waals surface area contributed by atoms with Crippen molar-refractivity contribution in [1.29, 1.82) is 0 Å². The van der Waals surface area contributed by atoms with Gasteiger partial charge in [-0.15, -0.1) is 0 Å². The smallest absolute Gasteiger partial charge is 0.327 e. The summed E-state index contributed by atoms with van der Waals surface area (Å²) in [6.07, 6.45) is 4.68. The maximum atomic E-state index is 12.3. The van der Waals surface area contributed by atoms with Crippen LogP contribution in [-0.4, -0.2) is 49.7 Å². The highest BCUT2D eigenvalue weighted by atomic mass is 16.5. The molecular weight excluding hydrogens is 216 g/mol. The Kier molecular flexibility index (Phi) is 3.73. The zero-order valence-corrected chi connectivity index (χ0v) is 11.2. The number of ether oxygens (including phenoxy) is 1. The van der Waals surface area contributed by atoms with Crippen LogP contribution in [0, 0.1) is 5.92 Å². The molecule has 4 heteroatoms. The van der Waals surface area contributed by atoms with Gasteiger partial charge in [-0.2, -0.15) is 0 Å². The normalized spacial score (nSPS) is 23.5. The van der Waals surface area contributed by atoms with Crippen molar-refractivity contribution in [3.63, 3.8) is 0 Å². The van der Waals surface area contributed by atoms with Gasteiger partial charge in [-0.3, -0.25) is 5.32 Å².